The summed E-state index contributed by atoms with van der Waals surface area (Å²) in [5.74, 6) is 0.571. The Morgan fingerprint density at radius 2 is 1.63 bits per heavy atom. The lowest BCUT2D eigenvalue weighted by atomic mass is 10.1. The van der Waals surface area contributed by atoms with Crippen LogP contribution in [0, 0.1) is 13.8 Å². The molecule has 1 N–H and O–H groups in total. The van der Waals surface area contributed by atoms with Crippen molar-refractivity contribution in [1.29, 1.82) is 0 Å². The van der Waals surface area contributed by atoms with Crippen LogP contribution in [0.4, 0.5) is 5.69 Å². The quantitative estimate of drug-likeness (QED) is 0.585. The molecule has 3 nitrogen and oxygen atoms in total. The lowest BCUT2D eigenvalue weighted by molar-refractivity contribution is -0.122. The highest BCUT2D eigenvalue weighted by Crippen LogP contribution is 2.33. The van der Waals surface area contributed by atoms with E-state index >= 15 is 0 Å². The maximum Gasteiger partial charge on any atom is 0.265 e. The Morgan fingerprint density at radius 1 is 0.926 bits per heavy atom. The number of amides is 1. The van der Waals surface area contributed by atoms with Gasteiger partial charge in [-0.05, 0) is 62.2 Å². The van der Waals surface area contributed by atoms with Crippen molar-refractivity contribution < 1.29 is 9.53 Å². The summed E-state index contributed by atoms with van der Waals surface area (Å²) in [6.45, 7) is 5.80. The first-order chi connectivity index (χ1) is 13.0. The summed E-state index contributed by atoms with van der Waals surface area (Å²) in [6, 6.07) is 23.8. The highest BCUT2D eigenvalue weighted by atomic mass is 32.2. The van der Waals surface area contributed by atoms with Crippen LogP contribution in [0.5, 0.6) is 5.75 Å². The fourth-order valence-electron chi connectivity index (χ4n) is 2.60. The molecule has 3 rings (SSSR count). The molecule has 3 aromatic rings. The molecule has 0 bridgehead atoms. The highest BCUT2D eigenvalue weighted by Gasteiger charge is 2.17. The molecule has 0 saturated carbocycles. The average Bonchev–Trinajstić information content (AvgIpc) is 2.67. The van der Waals surface area contributed by atoms with Gasteiger partial charge in [-0.25, -0.2) is 0 Å². The van der Waals surface area contributed by atoms with Gasteiger partial charge in [-0.15, -0.1) is 0 Å². The second kappa shape index (κ2) is 8.78. The molecule has 1 amide bonds. The van der Waals surface area contributed by atoms with Crippen molar-refractivity contribution in [1.82, 2.24) is 0 Å². The molecule has 0 aliphatic heterocycles. The van der Waals surface area contributed by atoms with E-state index in [9.17, 15) is 4.79 Å². The summed E-state index contributed by atoms with van der Waals surface area (Å²) in [5.41, 5.74) is 2.98. The first kappa shape index (κ1) is 19.1. The van der Waals surface area contributed by atoms with Gasteiger partial charge in [0.25, 0.3) is 5.91 Å². The number of hydrogen-bond donors (Lipinski definition) is 1. The molecular weight excluding hydrogens is 354 g/mol. The van der Waals surface area contributed by atoms with E-state index in [1.807, 2.05) is 74.5 Å². The molecule has 0 fully saturated rings. The van der Waals surface area contributed by atoms with E-state index in [4.69, 9.17) is 4.74 Å². The molecule has 138 valence electrons. The third-order valence-corrected chi connectivity index (χ3v) is 5.43. The van der Waals surface area contributed by atoms with Crippen LogP contribution < -0.4 is 10.1 Å². The van der Waals surface area contributed by atoms with Gasteiger partial charge in [0.1, 0.15) is 5.75 Å². The Kier molecular flexibility index (Phi) is 6.20. The number of ether oxygens (including phenoxy) is 1. The van der Waals surface area contributed by atoms with Crippen LogP contribution in [0.2, 0.25) is 0 Å². The first-order valence-electron chi connectivity index (χ1n) is 8.90. The zero-order valence-corrected chi connectivity index (χ0v) is 16.5. The molecule has 1 atom stereocenters. The zero-order valence-electron chi connectivity index (χ0n) is 15.7. The standard InChI is InChI=1S/C23H23NO2S/c1-16-10-9-14-21(17(16)2)26-18(3)23(25)24-20-13-7-8-15-22(20)27-19-11-5-4-6-12-19/h4-15,18H,1-3H3,(H,24,25). The Bertz CT molecular complexity index is 925. The van der Waals surface area contributed by atoms with Gasteiger partial charge in [0.05, 0.1) is 5.69 Å². The van der Waals surface area contributed by atoms with E-state index in [1.54, 1.807) is 18.7 Å². The molecule has 0 radical (unpaired) electrons. The number of carbonyl (C=O) groups is 1. The molecule has 0 heterocycles. The maximum atomic E-state index is 12.7. The number of para-hydroxylation sites is 1. The predicted octanol–water partition coefficient (Wildman–Crippen LogP) is 5.86. The Labute approximate surface area is 164 Å². The highest BCUT2D eigenvalue weighted by molar-refractivity contribution is 7.99. The van der Waals surface area contributed by atoms with E-state index in [0.717, 1.165) is 32.4 Å². The fourth-order valence-corrected chi connectivity index (χ4v) is 3.53. The molecular formula is C23H23NO2S. The van der Waals surface area contributed by atoms with Gasteiger partial charge in [0.15, 0.2) is 6.10 Å². The number of nitrogens with one attached hydrogen (secondary N) is 1. The SMILES string of the molecule is Cc1cccc(OC(C)C(=O)Nc2ccccc2Sc2ccccc2)c1C. The molecule has 3 aromatic carbocycles. The third-order valence-electron chi connectivity index (χ3n) is 4.34. The molecule has 27 heavy (non-hydrogen) atoms. The van der Waals surface area contributed by atoms with Gasteiger partial charge in [-0.3, -0.25) is 4.79 Å². The normalized spacial score (nSPS) is 11.7. The van der Waals surface area contributed by atoms with E-state index in [2.05, 4.69) is 17.4 Å². The van der Waals surface area contributed by atoms with Crippen LogP contribution in [0.1, 0.15) is 18.1 Å². The van der Waals surface area contributed by atoms with Crippen molar-refractivity contribution >= 4 is 23.4 Å². The van der Waals surface area contributed by atoms with E-state index in [-0.39, 0.29) is 5.91 Å². The van der Waals surface area contributed by atoms with Gasteiger partial charge in [-0.2, -0.15) is 0 Å². The van der Waals surface area contributed by atoms with Gasteiger partial charge in [0.2, 0.25) is 0 Å². The molecule has 0 spiro atoms. The fraction of sp³-hybridized carbons (Fsp3) is 0.174. The van der Waals surface area contributed by atoms with Crippen molar-refractivity contribution in [2.75, 3.05) is 5.32 Å². The number of hydrogen-bond acceptors (Lipinski definition) is 3. The van der Waals surface area contributed by atoms with Crippen LogP contribution in [0.15, 0.2) is 82.6 Å². The Balaban J connectivity index is 1.71. The number of aryl methyl sites for hydroxylation is 1. The summed E-state index contributed by atoms with van der Waals surface area (Å²) < 4.78 is 5.90. The minimum Gasteiger partial charge on any atom is -0.481 e. The smallest absolute Gasteiger partial charge is 0.265 e. The van der Waals surface area contributed by atoms with E-state index < -0.39 is 6.10 Å². The van der Waals surface area contributed by atoms with Crippen molar-refractivity contribution in [2.24, 2.45) is 0 Å². The van der Waals surface area contributed by atoms with E-state index in [1.165, 1.54) is 0 Å². The molecule has 0 aliphatic carbocycles. The molecule has 1 unspecified atom stereocenters. The summed E-state index contributed by atoms with van der Waals surface area (Å²) >= 11 is 1.62. The number of carbonyl (C=O) groups excluding carboxylic acids is 1. The Hall–Kier alpha value is -2.72. The van der Waals surface area contributed by atoms with Crippen molar-refractivity contribution in [3.8, 4) is 5.75 Å². The number of anilines is 1. The lowest BCUT2D eigenvalue weighted by Crippen LogP contribution is -2.30. The van der Waals surface area contributed by atoms with Crippen LogP contribution >= 0.6 is 11.8 Å². The monoisotopic (exact) mass is 377 g/mol. The second-order valence-electron chi connectivity index (χ2n) is 6.36. The van der Waals surface area contributed by atoms with Crippen molar-refractivity contribution in [3.05, 3.63) is 83.9 Å². The van der Waals surface area contributed by atoms with Crippen LogP contribution in [0.3, 0.4) is 0 Å². The van der Waals surface area contributed by atoms with Gasteiger partial charge in [-0.1, -0.05) is 54.2 Å². The van der Waals surface area contributed by atoms with Crippen LogP contribution in [0.25, 0.3) is 0 Å². The summed E-state index contributed by atoms with van der Waals surface area (Å²) in [4.78, 5) is 14.8. The predicted molar refractivity (Wildman–Crippen MR) is 112 cm³/mol. The number of rotatable bonds is 6. The summed E-state index contributed by atoms with van der Waals surface area (Å²) in [7, 11) is 0. The molecule has 0 saturated heterocycles. The second-order valence-corrected chi connectivity index (χ2v) is 7.47. The van der Waals surface area contributed by atoms with E-state index in [0.29, 0.717) is 0 Å². The minimum absolute atomic E-state index is 0.169. The average molecular weight is 378 g/mol. The summed E-state index contributed by atoms with van der Waals surface area (Å²) in [6.07, 6.45) is -0.597. The lowest BCUT2D eigenvalue weighted by Gasteiger charge is -2.18. The van der Waals surface area contributed by atoms with Gasteiger partial charge < -0.3 is 10.1 Å². The third kappa shape index (κ3) is 4.92. The Morgan fingerprint density at radius 3 is 2.41 bits per heavy atom. The topological polar surface area (TPSA) is 38.3 Å². The van der Waals surface area contributed by atoms with Gasteiger partial charge >= 0.3 is 0 Å². The van der Waals surface area contributed by atoms with Crippen molar-refractivity contribution in [2.45, 2.75) is 36.7 Å². The minimum atomic E-state index is -0.597. The van der Waals surface area contributed by atoms with Crippen LogP contribution in [-0.4, -0.2) is 12.0 Å². The van der Waals surface area contributed by atoms with Crippen molar-refractivity contribution in [3.63, 3.8) is 0 Å². The molecule has 0 aromatic heterocycles. The maximum absolute atomic E-state index is 12.7. The molecule has 4 heteroatoms. The summed E-state index contributed by atoms with van der Waals surface area (Å²) in [5, 5.41) is 3.00. The first-order valence-corrected chi connectivity index (χ1v) is 9.72. The molecule has 0 aliphatic rings. The van der Waals surface area contributed by atoms with Gasteiger partial charge in [0, 0.05) is 9.79 Å². The largest absolute Gasteiger partial charge is 0.481 e. The number of benzene rings is 3. The van der Waals surface area contributed by atoms with Crippen LogP contribution in [-0.2, 0) is 4.79 Å². The zero-order chi connectivity index (χ0) is 19.2.